The number of ether oxygens (including phenoxy) is 4. The van der Waals surface area contributed by atoms with Crippen molar-refractivity contribution in [3.05, 3.63) is 34.8 Å². The highest BCUT2D eigenvalue weighted by Gasteiger charge is 2.72. The van der Waals surface area contributed by atoms with E-state index in [4.69, 9.17) is 38.5 Å². The summed E-state index contributed by atoms with van der Waals surface area (Å²) in [7, 11) is 0. The maximum absolute atomic E-state index is 14.6. The largest absolute Gasteiger partial charge is 0.456 e. The number of aliphatic hydroxyl groups is 2. The van der Waals surface area contributed by atoms with Gasteiger partial charge in [-0.25, -0.2) is 19.6 Å². The van der Waals surface area contributed by atoms with Gasteiger partial charge in [0.15, 0.2) is 11.2 Å². The van der Waals surface area contributed by atoms with Crippen LogP contribution < -0.4 is 0 Å². The number of aliphatic hydroxyl groups excluding tert-OH is 2. The molecule has 16 heteroatoms. The molecule has 52 heavy (non-hydrogen) atoms. The van der Waals surface area contributed by atoms with Gasteiger partial charge >= 0.3 is 12.4 Å². The van der Waals surface area contributed by atoms with Gasteiger partial charge in [-0.05, 0) is 77.0 Å². The van der Waals surface area contributed by atoms with E-state index in [2.05, 4.69) is 0 Å². The molecular formula is C36H46F6O10. The van der Waals surface area contributed by atoms with Gasteiger partial charge in [-0.3, -0.25) is 0 Å². The van der Waals surface area contributed by atoms with Crippen molar-refractivity contribution in [1.29, 1.82) is 0 Å². The molecule has 2 N–H and O–H groups in total. The first-order valence-corrected chi connectivity index (χ1v) is 18.4. The zero-order valence-electron chi connectivity index (χ0n) is 29.4. The highest BCUT2D eigenvalue weighted by molar-refractivity contribution is 5.33. The third kappa shape index (κ3) is 5.51. The van der Waals surface area contributed by atoms with E-state index < -0.39 is 83.3 Å². The minimum absolute atomic E-state index is 0.0546. The van der Waals surface area contributed by atoms with Crippen LogP contribution in [0.15, 0.2) is 34.8 Å². The highest BCUT2D eigenvalue weighted by Crippen LogP contribution is 2.63. The van der Waals surface area contributed by atoms with E-state index in [0.717, 1.165) is 0 Å². The average Bonchev–Trinajstić information content (AvgIpc) is 3.44. The number of rotatable bonds is 6. The highest BCUT2D eigenvalue weighted by atomic mass is 19.4. The molecule has 0 aromatic carbocycles. The number of halogens is 6. The molecule has 8 heterocycles. The number of fused-ring (bicyclic) bond motifs is 4. The molecule has 2 spiro atoms. The Balaban J connectivity index is 1.07. The molecule has 14 atom stereocenters. The topological polar surface area (TPSA) is 114 Å². The standard InChI is InChI=1S/C36H46F6O10/c1-17-9-11-21-25(27(35(37,38)39)45-29-33(21)19(17)13-15-31(3,47-29)49-51-33)23(43)7-5-6-8-24(44)26-22-12-10-18(2)20-14-16-32(4)48-30(34(20,22)52-50-32)46-28(26)36(40,41)42/h5-6,17-24,29-30,43-44H,7-16H2,1-4H3/b6-5+/t17-,18-,19+,20+,21?,22?,23?,24?,29-,30-,31+,32+,33-,34-/m1/s1. The summed E-state index contributed by atoms with van der Waals surface area (Å²) in [6.45, 7) is 7.19. The summed E-state index contributed by atoms with van der Waals surface area (Å²) >= 11 is 0. The van der Waals surface area contributed by atoms with Crippen molar-refractivity contribution in [2.75, 3.05) is 0 Å². The Morgan fingerprint density at radius 3 is 1.38 bits per heavy atom. The number of alkyl halides is 6. The van der Waals surface area contributed by atoms with Gasteiger partial charge in [0, 0.05) is 47.7 Å². The fraction of sp³-hybridized carbons (Fsp3) is 0.833. The van der Waals surface area contributed by atoms with Gasteiger partial charge in [-0.2, -0.15) is 26.3 Å². The average molecular weight is 753 g/mol. The molecule has 0 aromatic heterocycles. The lowest BCUT2D eigenvalue weighted by molar-refractivity contribution is -0.558. The van der Waals surface area contributed by atoms with E-state index in [0.29, 0.717) is 38.5 Å². The Morgan fingerprint density at radius 2 is 1.02 bits per heavy atom. The van der Waals surface area contributed by atoms with Gasteiger partial charge in [0.05, 0.1) is 12.2 Å². The fourth-order valence-corrected chi connectivity index (χ4v) is 10.8. The normalized spacial score (nSPS) is 46.9. The van der Waals surface area contributed by atoms with Crippen LogP contribution in [-0.4, -0.2) is 70.1 Å². The molecule has 10 nitrogen and oxygen atoms in total. The third-order valence-electron chi connectivity index (χ3n) is 13.3. The molecule has 10 rings (SSSR count). The van der Waals surface area contributed by atoms with Gasteiger partial charge in [-0.15, -0.1) is 0 Å². The minimum Gasteiger partial charge on any atom is -0.456 e. The van der Waals surface area contributed by atoms with Crippen LogP contribution in [-0.2, 0) is 38.5 Å². The summed E-state index contributed by atoms with van der Waals surface area (Å²) in [6.07, 6.45) is -10.6. The van der Waals surface area contributed by atoms with E-state index in [9.17, 15) is 36.6 Å². The number of hydrogen-bond donors (Lipinski definition) is 2. The van der Waals surface area contributed by atoms with Crippen molar-refractivity contribution in [2.45, 2.75) is 152 Å². The summed E-state index contributed by atoms with van der Waals surface area (Å²) in [5.74, 6) is -7.61. The summed E-state index contributed by atoms with van der Waals surface area (Å²) in [4.78, 5) is 23.3. The van der Waals surface area contributed by atoms with Crippen LogP contribution in [0.5, 0.6) is 0 Å². The Bertz CT molecular complexity index is 1420. The van der Waals surface area contributed by atoms with Crippen LogP contribution in [0.25, 0.3) is 0 Å². The fourth-order valence-electron chi connectivity index (χ4n) is 10.8. The monoisotopic (exact) mass is 752 g/mol. The predicted molar refractivity (Wildman–Crippen MR) is 164 cm³/mol. The molecule has 292 valence electrons. The predicted octanol–water partition coefficient (Wildman–Crippen LogP) is 7.17. The third-order valence-corrected chi connectivity index (χ3v) is 13.3. The van der Waals surface area contributed by atoms with Gasteiger partial charge in [0.1, 0.15) is 0 Å². The molecule has 2 saturated carbocycles. The Labute approximate surface area is 297 Å². The van der Waals surface area contributed by atoms with Gasteiger partial charge in [0.25, 0.3) is 0 Å². The summed E-state index contributed by atoms with van der Waals surface area (Å²) in [5.41, 5.74) is -3.60. The van der Waals surface area contributed by atoms with E-state index in [1.807, 2.05) is 13.8 Å². The summed E-state index contributed by atoms with van der Waals surface area (Å²) in [6, 6.07) is 0. The van der Waals surface area contributed by atoms with E-state index in [1.165, 1.54) is 12.2 Å². The van der Waals surface area contributed by atoms with Crippen molar-refractivity contribution < 1.29 is 75.1 Å². The summed E-state index contributed by atoms with van der Waals surface area (Å²) < 4.78 is 111. The zero-order valence-corrected chi connectivity index (χ0v) is 29.4. The van der Waals surface area contributed by atoms with Gasteiger partial charge in [-0.1, -0.05) is 26.0 Å². The zero-order chi connectivity index (χ0) is 37.2. The van der Waals surface area contributed by atoms with E-state index >= 15 is 0 Å². The molecule has 4 bridgehead atoms. The number of allylic oxidation sites excluding steroid dienone is 2. The molecule has 0 amide bonds. The first-order chi connectivity index (χ1) is 24.3. The molecule has 0 radical (unpaired) electrons. The van der Waals surface area contributed by atoms with Gasteiger partial charge in [0.2, 0.25) is 35.7 Å². The van der Waals surface area contributed by atoms with Crippen LogP contribution in [0.2, 0.25) is 0 Å². The second-order valence-electron chi connectivity index (χ2n) is 16.5. The molecule has 2 aliphatic carbocycles. The second kappa shape index (κ2) is 12.3. The molecule has 0 aromatic rings. The SMILES string of the molecule is C[C@@H]1CCC2C(C(O)C/C=C/CC(O)C3=C(C(F)(F)F)O[C@@H]4O[C@]5(C)CC[C@H]6[C@H](C)CCC3[C@@]46OO5)=C(C(F)(F)F)O[C@@H]3O[C@]4(C)CC[C@@H]1[C@@]23OO4. The lowest BCUT2D eigenvalue weighted by Gasteiger charge is -2.58. The minimum atomic E-state index is -4.97. The molecule has 4 unspecified atom stereocenters. The van der Waals surface area contributed by atoms with Crippen LogP contribution in [0.4, 0.5) is 26.3 Å². The first kappa shape index (κ1) is 37.0. The Kier molecular flexibility index (Phi) is 8.75. The molecular weight excluding hydrogens is 706 g/mol. The smallest absolute Gasteiger partial charge is 0.449 e. The molecule has 8 fully saturated rings. The molecule has 10 aliphatic rings. The Hall–Kier alpha value is -1.92. The van der Waals surface area contributed by atoms with Crippen molar-refractivity contribution in [2.24, 2.45) is 35.5 Å². The molecule has 8 aliphatic heterocycles. The molecule has 6 saturated heterocycles. The maximum Gasteiger partial charge on any atom is 0.449 e. The van der Waals surface area contributed by atoms with Crippen LogP contribution in [0.1, 0.15) is 91.9 Å². The quantitative estimate of drug-likeness (QED) is 0.165. The first-order valence-electron chi connectivity index (χ1n) is 18.4. The lowest BCUT2D eigenvalue weighted by atomic mass is 9.58. The van der Waals surface area contributed by atoms with E-state index in [1.54, 1.807) is 13.8 Å². The Morgan fingerprint density at radius 1 is 0.635 bits per heavy atom. The van der Waals surface area contributed by atoms with Crippen molar-refractivity contribution in [3.8, 4) is 0 Å². The van der Waals surface area contributed by atoms with Crippen molar-refractivity contribution in [1.82, 2.24) is 0 Å². The van der Waals surface area contributed by atoms with Gasteiger partial charge < -0.3 is 29.2 Å². The van der Waals surface area contributed by atoms with Crippen LogP contribution >= 0.6 is 0 Å². The number of hydrogen-bond acceptors (Lipinski definition) is 10. The lowest BCUT2D eigenvalue weighted by Crippen LogP contribution is -2.68. The van der Waals surface area contributed by atoms with Crippen LogP contribution in [0.3, 0.4) is 0 Å². The second-order valence-corrected chi connectivity index (χ2v) is 16.5. The van der Waals surface area contributed by atoms with Crippen molar-refractivity contribution in [3.63, 3.8) is 0 Å². The van der Waals surface area contributed by atoms with Crippen molar-refractivity contribution >= 4 is 0 Å². The summed E-state index contributed by atoms with van der Waals surface area (Å²) in [5, 5.41) is 22.9. The van der Waals surface area contributed by atoms with Crippen LogP contribution in [0, 0.1) is 35.5 Å². The maximum atomic E-state index is 14.6. The van der Waals surface area contributed by atoms with E-state index in [-0.39, 0.29) is 60.5 Å².